The lowest BCUT2D eigenvalue weighted by Gasteiger charge is -2.23. The van der Waals surface area contributed by atoms with E-state index in [0.717, 1.165) is 11.3 Å². The van der Waals surface area contributed by atoms with Crippen molar-refractivity contribution in [2.75, 3.05) is 18.5 Å². The van der Waals surface area contributed by atoms with Gasteiger partial charge in [-0.1, -0.05) is 51.9 Å². The molecule has 1 aromatic heterocycles. The average molecular weight is 495 g/mol. The zero-order valence-corrected chi connectivity index (χ0v) is 21.4. The highest BCUT2D eigenvalue weighted by molar-refractivity contribution is 5.94. The number of hydrogen-bond donors (Lipinski definition) is 3. The summed E-state index contributed by atoms with van der Waals surface area (Å²) in [5.41, 5.74) is 3.40. The second-order valence-electron chi connectivity index (χ2n) is 9.98. The molecule has 1 heterocycles. The number of aromatic nitrogens is 2. The summed E-state index contributed by atoms with van der Waals surface area (Å²) >= 11 is 0. The molecule has 192 valence electrons. The Morgan fingerprint density at radius 2 is 1.69 bits per heavy atom. The molecule has 0 aliphatic rings. The molecule has 1 atom stereocenters. The van der Waals surface area contributed by atoms with Crippen molar-refractivity contribution in [1.29, 1.82) is 0 Å². The van der Waals surface area contributed by atoms with Gasteiger partial charge in [-0.2, -0.15) is 0 Å². The number of amides is 1. The highest BCUT2D eigenvalue weighted by Crippen LogP contribution is 2.27. The Balaban J connectivity index is 1.56. The molecule has 3 N–H and O–H groups in total. The largest absolute Gasteiger partial charge is 0.481 e. The highest BCUT2D eigenvalue weighted by Gasteiger charge is 2.18. The van der Waals surface area contributed by atoms with Gasteiger partial charge in [0, 0.05) is 23.4 Å². The number of ether oxygens (including phenoxy) is 1. The molecule has 2 aromatic carbocycles. The third-order valence-electron chi connectivity index (χ3n) is 5.72. The summed E-state index contributed by atoms with van der Waals surface area (Å²) < 4.78 is 11.5. The van der Waals surface area contributed by atoms with Gasteiger partial charge in [0.2, 0.25) is 0 Å². The maximum atomic E-state index is 12.1. The molecule has 0 aliphatic carbocycles. The van der Waals surface area contributed by atoms with Gasteiger partial charge in [-0.3, -0.25) is 9.59 Å². The molecule has 0 saturated carbocycles. The number of rotatable bonds is 11. The van der Waals surface area contributed by atoms with Crippen molar-refractivity contribution in [3.63, 3.8) is 0 Å². The normalized spacial score (nSPS) is 12.3. The van der Waals surface area contributed by atoms with Crippen molar-refractivity contribution in [2.45, 2.75) is 52.5 Å². The van der Waals surface area contributed by atoms with Gasteiger partial charge < -0.3 is 24.9 Å². The Morgan fingerprint density at radius 3 is 2.28 bits per heavy atom. The number of anilines is 1. The van der Waals surface area contributed by atoms with Crippen molar-refractivity contribution < 1.29 is 23.8 Å². The summed E-state index contributed by atoms with van der Waals surface area (Å²) in [5.74, 6) is -0.636. The van der Waals surface area contributed by atoms with Gasteiger partial charge in [0.1, 0.15) is 6.61 Å². The quantitative estimate of drug-likeness (QED) is 0.348. The Bertz CT molecular complexity index is 1150. The number of hydrogen-bond acceptors (Lipinski definition) is 7. The maximum Gasteiger partial charge on any atom is 0.414 e. The highest BCUT2D eigenvalue weighted by atomic mass is 16.6. The van der Waals surface area contributed by atoms with E-state index < -0.39 is 5.97 Å². The Hall–Kier alpha value is -3.88. The number of nitrogens with zero attached hydrogens (tertiary/aromatic N) is 2. The van der Waals surface area contributed by atoms with Crippen LogP contribution >= 0.6 is 0 Å². The molecule has 9 nitrogen and oxygen atoms in total. The van der Waals surface area contributed by atoms with E-state index in [-0.39, 0.29) is 42.3 Å². The van der Waals surface area contributed by atoms with Crippen LogP contribution in [-0.2, 0) is 10.2 Å². The van der Waals surface area contributed by atoms with Gasteiger partial charge in [0.05, 0.1) is 12.5 Å². The first kappa shape index (κ1) is 26.7. The van der Waals surface area contributed by atoms with E-state index in [0.29, 0.717) is 18.1 Å². The van der Waals surface area contributed by atoms with E-state index in [9.17, 15) is 9.59 Å². The first-order chi connectivity index (χ1) is 17.0. The van der Waals surface area contributed by atoms with E-state index in [2.05, 4.69) is 67.6 Å². The lowest BCUT2D eigenvalue weighted by atomic mass is 9.87. The van der Waals surface area contributed by atoms with E-state index in [1.165, 1.54) is 5.56 Å². The van der Waals surface area contributed by atoms with Crippen molar-refractivity contribution >= 4 is 17.6 Å². The van der Waals surface area contributed by atoms with Crippen molar-refractivity contribution in [3.8, 4) is 17.5 Å². The lowest BCUT2D eigenvalue weighted by Crippen LogP contribution is -2.32. The number of carboxylic acids is 1. The van der Waals surface area contributed by atoms with E-state index in [4.69, 9.17) is 14.3 Å². The molecule has 0 aliphatic heterocycles. The van der Waals surface area contributed by atoms with Crippen molar-refractivity contribution in [3.05, 3.63) is 59.7 Å². The molecular formula is C27H34N4O5. The van der Waals surface area contributed by atoms with E-state index >= 15 is 0 Å². The predicted molar refractivity (Wildman–Crippen MR) is 137 cm³/mol. The number of carboxylic acid groups (broad SMARTS) is 1. The van der Waals surface area contributed by atoms with Gasteiger partial charge in [-0.25, -0.2) is 0 Å². The Morgan fingerprint density at radius 1 is 1.03 bits per heavy atom. The summed E-state index contributed by atoms with van der Waals surface area (Å²) in [6, 6.07) is 15.0. The molecule has 0 fully saturated rings. The Kier molecular flexibility index (Phi) is 8.68. The van der Waals surface area contributed by atoms with Gasteiger partial charge in [0.15, 0.2) is 0 Å². The van der Waals surface area contributed by atoms with Crippen LogP contribution in [0.15, 0.2) is 52.9 Å². The van der Waals surface area contributed by atoms with Crippen LogP contribution in [0.25, 0.3) is 11.5 Å². The van der Waals surface area contributed by atoms with Crippen LogP contribution in [0.3, 0.4) is 0 Å². The molecule has 3 rings (SSSR count). The van der Waals surface area contributed by atoms with Gasteiger partial charge in [-0.15, -0.1) is 5.10 Å². The molecule has 0 saturated heterocycles. The number of benzene rings is 2. The predicted octanol–water partition coefficient (Wildman–Crippen LogP) is 4.75. The molecule has 36 heavy (non-hydrogen) atoms. The molecule has 1 amide bonds. The molecule has 0 unspecified atom stereocenters. The third kappa shape index (κ3) is 7.56. The standard InChI is InChI=1S/C27H34N4O5/c1-17(2)22(29-21-12-8-18(9-13-21)24(34)28-15-14-23(32)33)16-35-26-31-30-25(36-26)19-6-10-20(11-7-19)27(3,4)5/h6-13,17,22,29H,14-16H2,1-5H3,(H,28,34)(H,32,33)/t22-/m1/s1. The summed E-state index contributed by atoms with van der Waals surface area (Å²) in [4.78, 5) is 22.7. The minimum absolute atomic E-state index is 0.0540. The summed E-state index contributed by atoms with van der Waals surface area (Å²) in [6.07, 6.45) is -0.0161. The zero-order chi connectivity index (χ0) is 26.3. The number of carbonyl (C=O) groups excluding carboxylic acids is 1. The Labute approximate surface area is 211 Å². The molecule has 0 spiro atoms. The number of nitrogens with one attached hydrogen (secondary N) is 2. The summed E-state index contributed by atoms with van der Waals surface area (Å²) in [6.45, 7) is 11.0. The van der Waals surface area contributed by atoms with E-state index in [1.54, 1.807) is 24.3 Å². The average Bonchev–Trinajstić information content (AvgIpc) is 3.30. The van der Waals surface area contributed by atoms with Gasteiger partial charge in [0.25, 0.3) is 11.8 Å². The fourth-order valence-electron chi connectivity index (χ4n) is 3.38. The number of aliphatic carboxylic acids is 1. The van der Waals surface area contributed by atoms with Crippen LogP contribution in [0, 0.1) is 5.92 Å². The van der Waals surface area contributed by atoms with Crippen LogP contribution in [0.1, 0.15) is 57.0 Å². The zero-order valence-electron chi connectivity index (χ0n) is 21.4. The smallest absolute Gasteiger partial charge is 0.414 e. The first-order valence-electron chi connectivity index (χ1n) is 12.0. The maximum absolute atomic E-state index is 12.1. The van der Waals surface area contributed by atoms with Crippen LogP contribution < -0.4 is 15.4 Å². The second kappa shape index (κ2) is 11.7. The van der Waals surface area contributed by atoms with Gasteiger partial charge >= 0.3 is 12.0 Å². The molecule has 0 bridgehead atoms. The summed E-state index contributed by atoms with van der Waals surface area (Å²) in [5, 5.41) is 22.8. The molecule has 9 heteroatoms. The topological polar surface area (TPSA) is 127 Å². The summed E-state index contributed by atoms with van der Waals surface area (Å²) in [7, 11) is 0. The monoisotopic (exact) mass is 494 g/mol. The van der Waals surface area contributed by atoms with Crippen LogP contribution in [0.4, 0.5) is 5.69 Å². The SMILES string of the molecule is CC(C)[C@@H](COc1nnc(-c2ccc(C(C)(C)C)cc2)o1)Nc1ccc(C(=O)NCCC(=O)O)cc1. The minimum Gasteiger partial charge on any atom is -0.481 e. The fourth-order valence-corrected chi connectivity index (χ4v) is 3.38. The second-order valence-corrected chi connectivity index (χ2v) is 9.98. The first-order valence-corrected chi connectivity index (χ1v) is 12.0. The molecule has 0 radical (unpaired) electrons. The fraction of sp³-hybridized carbons (Fsp3) is 0.407. The van der Waals surface area contributed by atoms with Crippen molar-refractivity contribution in [1.82, 2.24) is 15.5 Å². The lowest BCUT2D eigenvalue weighted by molar-refractivity contribution is -0.136. The van der Waals surface area contributed by atoms with Gasteiger partial charge in [-0.05, 0) is 53.3 Å². The van der Waals surface area contributed by atoms with Crippen LogP contribution in [-0.4, -0.2) is 46.4 Å². The molecular weight excluding hydrogens is 460 g/mol. The van der Waals surface area contributed by atoms with Crippen LogP contribution in [0.5, 0.6) is 6.08 Å². The third-order valence-corrected chi connectivity index (χ3v) is 5.72. The molecule has 3 aromatic rings. The van der Waals surface area contributed by atoms with Crippen molar-refractivity contribution in [2.24, 2.45) is 5.92 Å². The van der Waals surface area contributed by atoms with Crippen LogP contribution in [0.2, 0.25) is 0 Å². The van der Waals surface area contributed by atoms with E-state index in [1.807, 2.05) is 12.1 Å². The number of carbonyl (C=O) groups is 2. The minimum atomic E-state index is -0.955.